The number of fused-ring (bicyclic) bond motifs is 1. The number of nitrogens with zero attached hydrogens (tertiary/aromatic N) is 1. The fraction of sp³-hybridized carbons (Fsp3) is 0.182. The zero-order chi connectivity index (χ0) is 24.3. The first-order valence-corrected chi connectivity index (χ1v) is 9.47. The number of carbonyl (C=O) groups is 1. The number of allylic oxidation sites excluding steroid dienone is 3. The van der Waals surface area contributed by atoms with Crippen molar-refractivity contribution in [2.24, 2.45) is 7.05 Å². The van der Waals surface area contributed by atoms with Gasteiger partial charge in [0.2, 0.25) is 0 Å². The van der Waals surface area contributed by atoms with Gasteiger partial charge in [-0.25, -0.2) is 22.0 Å². The molecule has 0 amide bonds. The normalized spacial score (nSPS) is 12.6. The summed E-state index contributed by atoms with van der Waals surface area (Å²) in [6.45, 7) is 0. The number of hydrogen-bond donors (Lipinski definition) is 2. The Morgan fingerprint density at radius 2 is 1.82 bits per heavy atom. The average Bonchev–Trinajstić information content (AvgIpc) is 3.26. The fourth-order valence-corrected chi connectivity index (χ4v) is 3.29. The molecule has 2 heterocycles. The molecule has 33 heavy (non-hydrogen) atoms. The van der Waals surface area contributed by atoms with Gasteiger partial charge in [-0.2, -0.15) is 0 Å². The van der Waals surface area contributed by atoms with E-state index >= 15 is 0 Å². The number of benzene rings is 1. The molecule has 11 heteroatoms. The third-order valence-corrected chi connectivity index (χ3v) is 4.77. The number of alkyl halides is 4. The maximum absolute atomic E-state index is 13.7. The van der Waals surface area contributed by atoms with Crippen LogP contribution in [0.25, 0.3) is 16.5 Å². The molecule has 0 saturated carbocycles. The van der Waals surface area contributed by atoms with Crippen LogP contribution in [-0.2, 0) is 11.8 Å². The fourth-order valence-electron chi connectivity index (χ4n) is 3.29. The number of nitrogens with one attached hydrogen (secondary N) is 2. The lowest BCUT2D eigenvalue weighted by Gasteiger charge is -2.17. The summed E-state index contributed by atoms with van der Waals surface area (Å²) < 4.78 is 74.4. The van der Waals surface area contributed by atoms with Crippen LogP contribution >= 0.6 is 0 Å². The van der Waals surface area contributed by atoms with E-state index in [-0.39, 0.29) is 28.5 Å². The highest BCUT2D eigenvalue weighted by Crippen LogP contribution is 2.40. The summed E-state index contributed by atoms with van der Waals surface area (Å²) in [5, 5.41) is 3.07. The van der Waals surface area contributed by atoms with E-state index in [0.717, 1.165) is 0 Å². The Labute approximate surface area is 184 Å². The Kier molecular flexibility index (Phi) is 7.00. The summed E-state index contributed by atoms with van der Waals surface area (Å²) >= 11 is 0. The van der Waals surface area contributed by atoms with Gasteiger partial charge in [0.1, 0.15) is 17.1 Å². The topological polar surface area (TPSA) is 76.1 Å². The summed E-state index contributed by atoms with van der Waals surface area (Å²) in [5.41, 5.74) is -2.16. The lowest BCUT2D eigenvalue weighted by molar-refractivity contribution is -0.106. The van der Waals surface area contributed by atoms with E-state index in [1.54, 1.807) is 13.1 Å². The van der Waals surface area contributed by atoms with Gasteiger partial charge in [-0.15, -0.1) is 0 Å². The van der Waals surface area contributed by atoms with Gasteiger partial charge >= 0.3 is 0 Å². The SMILES string of the molecule is CN/C=C\C(=C(/C=O)Oc1c(C(F)F)cc(F)cc1C(F)F)c1cn(C)c(=O)c2[nH]ccc12. The van der Waals surface area contributed by atoms with E-state index in [1.807, 2.05) is 0 Å². The molecule has 3 aromatic rings. The predicted molar refractivity (Wildman–Crippen MR) is 112 cm³/mol. The first-order valence-electron chi connectivity index (χ1n) is 9.47. The minimum Gasteiger partial charge on any atom is -0.452 e. The van der Waals surface area contributed by atoms with Crippen LogP contribution in [0.2, 0.25) is 0 Å². The average molecular weight is 467 g/mol. The van der Waals surface area contributed by atoms with Crippen LogP contribution in [0.5, 0.6) is 5.75 Å². The molecule has 0 fully saturated rings. The molecule has 174 valence electrons. The van der Waals surface area contributed by atoms with E-state index in [1.165, 1.54) is 36.3 Å². The van der Waals surface area contributed by atoms with Gasteiger partial charge in [-0.1, -0.05) is 0 Å². The number of carbonyl (C=O) groups excluding carboxylic acids is 1. The Bertz CT molecular complexity index is 1280. The van der Waals surface area contributed by atoms with Gasteiger partial charge < -0.3 is 19.6 Å². The predicted octanol–water partition coefficient (Wildman–Crippen LogP) is 4.60. The first kappa shape index (κ1) is 23.8. The van der Waals surface area contributed by atoms with Crippen molar-refractivity contribution in [3.8, 4) is 5.75 Å². The quantitative estimate of drug-likeness (QED) is 0.167. The standard InChI is InChI=1S/C22H18F5N3O3/c1-28-5-3-12(16-9-30(2)22(32)18-13(16)4-6-29-18)17(10-31)33-19-14(20(24)25)7-11(23)8-15(19)21(26)27/h3-10,20-21,28-29H,1-2H3/b5-3-,17-12-. The molecule has 0 bridgehead atoms. The molecule has 0 atom stereocenters. The number of pyridine rings is 1. The molecule has 0 aliphatic carbocycles. The van der Waals surface area contributed by atoms with Crippen molar-refractivity contribution < 1.29 is 31.5 Å². The van der Waals surface area contributed by atoms with Crippen LogP contribution in [0, 0.1) is 5.82 Å². The van der Waals surface area contributed by atoms with E-state index in [4.69, 9.17) is 4.74 Å². The molecule has 0 aliphatic rings. The van der Waals surface area contributed by atoms with Crippen LogP contribution in [0.15, 0.2) is 53.4 Å². The summed E-state index contributed by atoms with van der Waals surface area (Å²) in [6, 6.07) is 2.29. The second-order valence-corrected chi connectivity index (χ2v) is 6.86. The molecule has 0 radical (unpaired) electrons. The monoisotopic (exact) mass is 467 g/mol. The lowest BCUT2D eigenvalue weighted by atomic mass is 10.0. The van der Waals surface area contributed by atoms with Crippen molar-refractivity contribution in [3.05, 3.63) is 81.5 Å². The third-order valence-electron chi connectivity index (χ3n) is 4.77. The van der Waals surface area contributed by atoms with Crippen molar-refractivity contribution in [3.63, 3.8) is 0 Å². The number of H-pyrrole nitrogens is 1. The molecule has 0 saturated heterocycles. The number of aromatic amines is 1. The second kappa shape index (κ2) is 9.72. The van der Waals surface area contributed by atoms with Crippen LogP contribution in [-0.4, -0.2) is 22.9 Å². The Morgan fingerprint density at radius 3 is 2.36 bits per heavy atom. The van der Waals surface area contributed by atoms with Crippen LogP contribution in [0.4, 0.5) is 22.0 Å². The van der Waals surface area contributed by atoms with Crippen molar-refractivity contribution >= 4 is 22.8 Å². The van der Waals surface area contributed by atoms with Gasteiger partial charge in [0.05, 0.1) is 11.1 Å². The molecule has 0 unspecified atom stereocenters. The van der Waals surface area contributed by atoms with Crippen LogP contribution in [0.3, 0.4) is 0 Å². The Hall–Kier alpha value is -3.89. The molecule has 2 aromatic heterocycles. The van der Waals surface area contributed by atoms with Gasteiger partial charge in [0, 0.05) is 43.0 Å². The maximum atomic E-state index is 13.7. The summed E-state index contributed by atoms with van der Waals surface area (Å²) in [6.07, 6.45) is -0.944. The van der Waals surface area contributed by atoms with Crippen LogP contribution in [0.1, 0.15) is 29.5 Å². The maximum Gasteiger partial charge on any atom is 0.274 e. The number of aryl methyl sites for hydroxylation is 1. The molecule has 0 spiro atoms. The summed E-state index contributed by atoms with van der Waals surface area (Å²) in [4.78, 5) is 27.1. The molecule has 6 nitrogen and oxygen atoms in total. The summed E-state index contributed by atoms with van der Waals surface area (Å²) in [5.74, 6) is -2.92. The van der Waals surface area contributed by atoms with Crippen molar-refractivity contribution in [1.82, 2.24) is 14.9 Å². The highest BCUT2D eigenvalue weighted by molar-refractivity contribution is 5.99. The smallest absolute Gasteiger partial charge is 0.274 e. The minimum atomic E-state index is -3.36. The number of rotatable bonds is 8. The van der Waals surface area contributed by atoms with Gasteiger partial charge in [-0.3, -0.25) is 9.59 Å². The molecule has 3 rings (SSSR count). The van der Waals surface area contributed by atoms with E-state index in [9.17, 15) is 31.5 Å². The number of hydrogen-bond acceptors (Lipinski definition) is 4. The lowest BCUT2D eigenvalue weighted by Crippen LogP contribution is -2.17. The molecule has 1 aromatic carbocycles. The van der Waals surface area contributed by atoms with Crippen LogP contribution < -0.4 is 15.6 Å². The first-order chi connectivity index (χ1) is 15.7. The molecule has 2 N–H and O–H groups in total. The summed E-state index contributed by atoms with van der Waals surface area (Å²) in [7, 11) is 3.00. The zero-order valence-electron chi connectivity index (χ0n) is 17.3. The molecule has 0 aliphatic heterocycles. The number of halogens is 5. The number of aldehydes is 1. The number of ether oxygens (including phenoxy) is 1. The van der Waals surface area contributed by atoms with E-state index in [2.05, 4.69) is 10.3 Å². The second-order valence-electron chi connectivity index (χ2n) is 6.86. The van der Waals surface area contributed by atoms with E-state index < -0.39 is 41.3 Å². The van der Waals surface area contributed by atoms with Gasteiger partial charge in [-0.05, 0) is 30.5 Å². The Morgan fingerprint density at radius 1 is 1.18 bits per heavy atom. The van der Waals surface area contributed by atoms with E-state index in [0.29, 0.717) is 17.5 Å². The highest BCUT2D eigenvalue weighted by Gasteiger charge is 2.26. The van der Waals surface area contributed by atoms with Crippen molar-refractivity contribution in [1.29, 1.82) is 0 Å². The Balaban J connectivity index is 2.33. The van der Waals surface area contributed by atoms with Crippen molar-refractivity contribution in [2.75, 3.05) is 7.05 Å². The third kappa shape index (κ3) is 4.66. The molecular weight excluding hydrogens is 449 g/mol. The molecular formula is C22H18F5N3O3. The van der Waals surface area contributed by atoms with Crippen molar-refractivity contribution in [2.45, 2.75) is 12.9 Å². The zero-order valence-corrected chi connectivity index (χ0v) is 17.3. The number of aromatic nitrogens is 2. The van der Waals surface area contributed by atoms with Gasteiger partial charge in [0.25, 0.3) is 18.4 Å². The largest absolute Gasteiger partial charge is 0.452 e. The van der Waals surface area contributed by atoms with Gasteiger partial charge in [0.15, 0.2) is 12.0 Å². The highest BCUT2D eigenvalue weighted by atomic mass is 19.3. The minimum absolute atomic E-state index is 0.00399.